The Labute approximate surface area is 143 Å². The molecule has 0 aliphatic heterocycles. The Morgan fingerprint density at radius 1 is 1.26 bits per heavy atom. The SMILES string of the molecule is CC[C@@H](C)NC(=O)COC(=O)/C(=C/c1cccs1)c1cccs1. The van der Waals surface area contributed by atoms with Crippen LogP contribution in [-0.4, -0.2) is 24.5 Å². The van der Waals surface area contributed by atoms with Crippen LogP contribution in [0, 0.1) is 0 Å². The molecule has 0 saturated carbocycles. The monoisotopic (exact) mass is 349 g/mol. The summed E-state index contributed by atoms with van der Waals surface area (Å²) in [5.41, 5.74) is 0.471. The number of amides is 1. The van der Waals surface area contributed by atoms with Crippen molar-refractivity contribution in [2.24, 2.45) is 0 Å². The third-order valence-corrected chi connectivity index (χ3v) is 4.91. The van der Waals surface area contributed by atoms with Crippen LogP contribution < -0.4 is 5.32 Å². The van der Waals surface area contributed by atoms with E-state index in [0.717, 1.165) is 16.2 Å². The summed E-state index contributed by atoms with van der Waals surface area (Å²) >= 11 is 3.01. The minimum atomic E-state index is -0.486. The van der Waals surface area contributed by atoms with E-state index in [1.54, 1.807) is 17.4 Å². The topological polar surface area (TPSA) is 55.4 Å². The van der Waals surface area contributed by atoms with Gasteiger partial charge in [0.25, 0.3) is 5.91 Å². The predicted octanol–water partition coefficient (Wildman–Crippen LogP) is 3.81. The predicted molar refractivity (Wildman–Crippen MR) is 95.4 cm³/mol. The first-order valence-corrected chi connectivity index (χ1v) is 9.11. The Balaban J connectivity index is 2.05. The van der Waals surface area contributed by atoms with E-state index in [1.807, 2.05) is 48.9 Å². The van der Waals surface area contributed by atoms with E-state index < -0.39 is 5.97 Å². The third kappa shape index (κ3) is 5.33. The number of esters is 1. The summed E-state index contributed by atoms with van der Waals surface area (Å²) in [7, 11) is 0. The fourth-order valence-corrected chi connectivity index (χ4v) is 3.19. The smallest absolute Gasteiger partial charge is 0.340 e. The number of hydrogen-bond donors (Lipinski definition) is 1. The van der Waals surface area contributed by atoms with Crippen LogP contribution >= 0.6 is 22.7 Å². The molecule has 0 fully saturated rings. The highest BCUT2D eigenvalue weighted by molar-refractivity contribution is 7.12. The molecule has 0 unspecified atom stereocenters. The second-order valence-electron chi connectivity index (χ2n) is 5.00. The lowest BCUT2D eigenvalue weighted by molar-refractivity contribution is -0.143. The van der Waals surface area contributed by atoms with Gasteiger partial charge in [-0.3, -0.25) is 4.79 Å². The molecule has 0 radical (unpaired) electrons. The molecular weight excluding hydrogens is 330 g/mol. The van der Waals surface area contributed by atoms with Crippen molar-refractivity contribution in [1.82, 2.24) is 5.32 Å². The van der Waals surface area contributed by atoms with Gasteiger partial charge in [-0.25, -0.2) is 4.79 Å². The van der Waals surface area contributed by atoms with Crippen molar-refractivity contribution in [3.05, 3.63) is 44.8 Å². The van der Waals surface area contributed by atoms with Gasteiger partial charge in [-0.05, 0) is 42.3 Å². The van der Waals surface area contributed by atoms with Crippen LogP contribution in [0.3, 0.4) is 0 Å². The fraction of sp³-hybridized carbons (Fsp3) is 0.294. The first kappa shape index (κ1) is 17.4. The maximum absolute atomic E-state index is 12.4. The van der Waals surface area contributed by atoms with E-state index in [-0.39, 0.29) is 18.6 Å². The molecule has 2 rings (SSSR count). The number of carbonyl (C=O) groups excluding carboxylic acids is 2. The maximum atomic E-state index is 12.4. The summed E-state index contributed by atoms with van der Waals surface area (Å²) in [4.78, 5) is 25.9. The Bertz CT molecular complexity index is 660. The number of nitrogens with one attached hydrogen (secondary N) is 1. The van der Waals surface area contributed by atoms with Gasteiger partial charge in [-0.1, -0.05) is 19.1 Å². The van der Waals surface area contributed by atoms with Gasteiger partial charge < -0.3 is 10.1 Å². The lowest BCUT2D eigenvalue weighted by Crippen LogP contribution is -2.35. The highest BCUT2D eigenvalue weighted by Gasteiger charge is 2.17. The van der Waals surface area contributed by atoms with Gasteiger partial charge in [0.2, 0.25) is 0 Å². The van der Waals surface area contributed by atoms with Crippen molar-refractivity contribution in [3.8, 4) is 0 Å². The van der Waals surface area contributed by atoms with Crippen molar-refractivity contribution in [1.29, 1.82) is 0 Å². The van der Waals surface area contributed by atoms with Crippen molar-refractivity contribution < 1.29 is 14.3 Å². The Morgan fingerprint density at radius 3 is 2.61 bits per heavy atom. The van der Waals surface area contributed by atoms with Crippen molar-refractivity contribution >= 4 is 46.2 Å². The number of hydrogen-bond acceptors (Lipinski definition) is 5. The molecule has 6 heteroatoms. The van der Waals surface area contributed by atoms with E-state index in [0.29, 0.717) is 5.57 Å². The molecule has 23 heavy (non-hydrogen) atoms. The standard InChI is InChI=1S/C17H19NO3S2/c1-3-12(2)18-16(19)11-21-17(20)14(15-7-5-9-23-15)10-13-6-4-8-22-13/h4-10,12H,3,11H2,1-2H3,(H,18,19)/b14-10+/t12-/m1/s1. The maximum Gasteiger partial charge on any atom is 0.340 e. The number of rotatable bonds is 7. The van der Waals surface area contributed by atoms with Crippen molar-refractivity contribution in [2.45, 2.75) is 26.3 Å². The largest absolute Gasteiger partial charge is 0.452 e. The first-order valence-electron chi connectivity index (χ1n) is 7.35. The molecule has 2 heterocycles. The fourth-order valence-electron chi connectivity index (χ4n) is 1.81. The van der Waals surface area contributed by atoms with Gasteiger partial charge in [-0.2, -0.15) is 0 Å². The minimum absolute atomic E-state index is 0.0691. The van der Waals surface area contributed by atoms with Crippen molar-refractivity contribution in [2.75, 3.05) is 6.61 Å². The van der Waals surface area contributed by atoms with Crippen LogP contribution in [0.25, 0.3) is 11.6 Å². The van der Waals surface area contributed by atoms with Crippen LogP contribution in [0.15, 0.2) is 35.0 Å². The van der Waals surface area contributed by atoms with E-state index in [2.05, 4.69) is 5.32 Å². The lowest BCUT2D eigenvalue weighted by atomic mass is 10.2. The van der Waals surface area contributed by atoms with Crippen LogP contribution in [-0.2, 0) is 14.3 Å². The van der Waals surface area contributed by atoms with E-state index in [1.165, 1.54) is 11.3 Å². The Hall–Kier alpha value is -1.92. The van der Waals surface area contributed by atoms with Gasteiger partial charge in [0.15, 0.2) is 6.61 Å². The molecule has 0 bridgehead atoms. The zero-order chi connectivity index (χ0) is 16.7. The van der Waals surface area contributed by atoms with Crippen LogP contribution in [0.4, 0.5) is 0 Å². The summed E-state index contributed by atoms with van der Waals surface area (Å²) in [6, 6.07) is 7.67. The van der Waals surface area contributed by atoms with Gasteiger partial charge >= 0.3 is 5.97 Å². The molecule has 2 aromatic rings. The van der Waals surface area contributed by atoms with E-state index in [4.69, 9.17) is 4.74 Å². The van der Waals surface area contributed by atoms with Crippen LogP contribution in [0.1, 0.15) is 30.0 Å². The van der Waals surface area contributed by atoms with Crippen molar-refractivity contribution in [3.63, 3.8) is 0 Å². The minimum Gasteiger partial charge on any atom is -0.452 e. The first-order chi connectivity index (χ1) is 11.1. The molecule has 2 aromatic heterocycles. The average Bonchev–Trinajstić information content (AvgIpc) is 3.23. The summed E-state index contributed by atoms with van der Waals surface area (Å²) in [6.45, 7) is 3.62. The Kier molecular flexibility index (Phi) is 6.55. The molecule has 122 valence electrons. The van der Waals surface area contributed by atoms with Crippen LogP contribution in [0.5, 0.6) is 0 Å². The summed E-state index contributed by atoms with van der Waals surface area (Å²) in [5, 5.41) is 6.62. The van der Waals surface area contributed by atoms with Gasteiger partial charge in [0.1, 0.15) is 0 Å². The molecule has 0 spiro atoms. The molecule has 1 amide bonds. The highest BCUT2D eigenvalue weighted by atomic mass is 32.1. The normalized spacial score (nSPS) is 12.7. The lowest BCUT2D eigenvalue weighted by Gasteiger charge is -2.12. The number of ether oxygens (including phenoxy) is 1. The summed E-state index contributed by atoms with van der Waals surface area (Å²) < 4.78 is 5.18. The molecule has 0 aliphatic carbocycles. The second-order valence-corrected chi connectivity index (χ2v) is 6.93. The summed E-state index contributed by atoms with van der Waals surface area (Å²) in [6.07, 6.45) is 2.63. The molecule has 1 N–H and O–H groups in total. The van der Waals surface area contributed by atoms with Gasteiger partial charge in [0.05, 0.1) is 5.57 Å². The molecule has 4 nitrogen and oxygen atoms in total. The quantitative estimate of drug-likeness (QED) is 0.611. The van der Waals surface area contributed by atoms with E-state index >= 15 is 0 Å². The summed E-state index contributed by atoms with van der Waals surface area (Å²) in [5.74, 6) is -0.769. The zero-order valence-corrected chi connectivity index (χ0v) is 14.7. The Morgan fingerprint density at radius 2 is 2.00 bits per heavy atom. The molecular formula is C17H19NO3S2. The number of thiophene rings is 2. The van der Waals surface area contributed by atoms with Crippen LogP contribution in [0.2, 0.25) is 0 Å². The molecule has 1 atom stereocenters. The average molecular weight is 349 g/mol. The molecule has 0 aromatic carbocycles. The molecule has 0 aliphatic rings. The third-order valence-electron chi connectivity index (χ3n) is 3.19. The van der Waals surface area contributed by atoms with Gasteiger partial charge in [0, 0.05) is 15.8 Å². The number of carbonyl (C=O) groups is 2. The zero-order valence-electron chi connectivity index (χ0n) is 13.1. The molecule has 0 saturated heterocycles. The van der Waals surface area contributed by atoms with E-state index in [9.17, 15) is 9.59 Å². The second kappa shape index (κ2) is 8.64. The highest BCUT2D eigenvalue weighted by Crippen LogP contribution is 2.25. The van der Waals surface area contributed by atoms with Gasteiger partial charge in [-0.15, -0.1) is 22.7 Å².